The lowest BCUT2D eigenvalue weighted by molar-refractivity contribution is -0.167. The van der Waals surface area contributed by atoms with Gasteiger partial charge in [0.1, 0.15) is 13.2 Å². The predicted octanol–water partition coefficient (Wildman–Crippen LogP) is 20.5. The number of esters is 3. The first-order valence-electron chi connectivity index (χ1n) is 30.7. The standard InChI is InChI=1S/C62H118O6/c1-4-7-10-13-16-19-21-23-25-27-28-29-30-31-32-33-34-35-37-38-40-43-46-49-52-55-61(64)67-58-59(57-66-60(63)54-51-48-45-42-18-15-12-9-6-3)68-62(65)56-53-50-47-44-41-39-36-26-24-22-20-17-14-11-8-5-2/h26,36,59H,4-25,27-35,37-58H2,1-3H3/b36-26-. The molecule has 6 heteroatoms. The second kappa shape index (κ2) is 57.7. The molecule has 0 fully saturated rings. The number of carbonyl (C=O) groups excluding carboxylic acids is 3. The van der Waals surface area contributed by atoms with Crippen molar-refractivity contribution in [3.8, 4) is 0 Å². The Morgan fingerprint density at radius 1 is 0.279 bits per heavy atom. The van der Waals surface area contributed by atoms with E-state index in [1.165, 1.54) is 244 Å². The quantitative estimate of drug-likeness (QED) is 0.0262. The van der Waals surface area contributed by atoms with Crippen molar-refractivity contribution in [1.29, 1.82) is 0 Å². The Bertz CT molecular complexity index is 1060. The van der Waals surface area contributed by atoms with E-state index in [1.54, 1.807) is 0 Å². The zero-order valence-corrected chi connectivity index (χ0v) is 46.2. The largest absolute Gasteiger partial charge is 0.462 e. The first-order valence-corrected chi connectivity index (χ1v) is 30.7. The maximum atomic E-state index is 12.8. The van der Waals surface area contributed by atoms with Crippen molar-refractivity contribution >= 4 is 17.9 Å². The molecule has 0 spiro atoms. The molecule has 402 valence electrons. The first-order chi connectivity index (χ1) is 33.5. The molecular weight excluding hydrogens is 841 g/mol. The fourth-order valence-corrected chi connectivity index (χ4v) is 9.38. The maximum absolute atomic E-state index is 12.8. The molecule has 0 aromatic rings. The fraction of sp³-hybridized carbons (Fsp3) is 0.919. The van der Waals surface area contributed by atoms with E-state index in [1.807, 2.05) is 0 Å². The molecular formula is C62H118O6. The summed E-state index contributed by atoms with van der Waals surface area (Å²) >= 11 is 0. The molecule has 0 amide bonds. The van der Waals surface area contributed by atoms with Crippen LogP contribution in [-0.2, 0) is 28.6 Å². The molecule has 0 rings (SSSR count). The van der Waals surface area contributed by atoms with E-state index in [0.29, 0.717) is 19.3 Å². The summed E-state index contributed by atoms with van der Waals surface area (Å²) in [5, 5.41) is 0. The van der Waals surface area contributed by atoms with E-state index in [4.69, 9.17) is 14.2 Å². The first kappa shape index (κ1) is 66.2. The van der Waals surface area contributed by atoms with Crippen LogP contribution in [0.15, 0.2) is 12.2 Å². The Morgan fingerprint density at radius 3 is 0.735 bits per heavy atom. The second-order valence-corrected chi connectivity index (χ2v) is 21.0. The number of carbonyl (C=O) groups is 3. The monoisotopic (exact) mass is 959 g/mol. The minimum atomic E-state index is -0.768. The van der Waals surface area contributed by atoms with Crippen LogP contribution >= 0.6 is 0 Å². The van der Waals surface area contributed by atoms with E-state index < -0.39 is 6.10 Å². The van der Waals surface area contributed by atoms with Crippen LogP contribution in [0.25, 0.3) is 0 Å². The summed E-state index contributed by atoms with van der Waals surface area (Å²) in [6.45, 7) is 6.67. The normalized spacial score (nSPS) is 12.0. The van der Waals surface area contributed by atoms with Crippen molar-refractivity contribution < 1.29 is 28.6 Å². The molecule has 0 aliphatic carbocycles. The summed E-state index contributed by atoms with van der Waals surface area (Å²) in [7, 11) is 0. The molecule has 0 aromatic carbocycles. The third kappa shape index (κ3) is 55.1. The fourth-order valence-electron chi connectivity index (χ4n) is 9.38. The van der Waals surface area contributed by atoms with Gasteiger partial charge in [0.25, 0.3) is 0 Å². The van der Waals surface area contributed by atoms with Gasteiger partial charge in [0, 0.05) is 19.3 Å². The molecule has 0 aromatic heterocycles. The van der Waals surface area contributed by atoms with Gasteiger partial charge in [0.2, 0.25) is 0 Å². The van der Waals surface area contributed by atoms with Gasteiger partial charge in [0.05, 0.1) is 0 Å². The van der Waals surface area contributed by atoms with Gasteiger partial charge >= 0.3 is 17.9 Å². The Kier molecular flexibility index (Phi) is 56.2. The van der Waals surface area contributed by atoms with Crippen molar-refractivity contribution in [3.63, 3.8) is 0 Å². The van der Waals surface area contributed by atoms with E-state index >= 15 is 0 Å². The van der Waals surface area contributed by atoms with Crippen LogP contribution in [0.3, 0.4) is 0 Å². The van der Waals surface area contributed by atoms with Crippen LogP contribution in [0, 0.1) is 0 Å². The van der Waals surface area contributed by atoms with Gasteiger partial charge in [-0.2, -0.15) is 0 Å². The van der Waals surface area contributed by atoms with Crippen LogP contribution in [0.2, 0.25) is 0 Å². The Morgan fingerprint density at radius 2 is 0.485 bits per heavy atom. The second-order valence-electron chi connectivity index (χ2n) is 21.0. The lowest BCUT2D eigenvalue weighted by atomic mass is 10.0. The molecule has 0 bridgehead atoms. The van der Waals surface area contributed by atoms with Crippen molar-refractivity contribution in [1.82, 2.24) is 0 Å². The third-order valence-corrected chi connectivity index (χ3v) is 14.0. The van der Waals surface area contributed by atoms with E-state index in [0.717, 1.165) is 64.2 Å². The van der Waals surface area contributed by atoms with Crippen LogP contribution in [-0.4, -0.2) is 37.2 Å². The summed E-state index contributed by atoms with van der Waals surface area (Å²) in [6.07, 6.45) is 66.6. The van der Waals surface area contributed by atoms with Gasteiger partial charge in [-0.05, 0) is 44.9 Å². The summed E-state index contributed by atoms with van der Waals surface area (Å²) in [5.41, 5.74) is 0. The van der Waals surface area contributed by atoms with E-state index in [2.05, 4.69) is 32.9 Å². The Balaban J connectivity index is 4.13. The SMILES string of the molecule is CCCCCCCCC/C=C\CCCCCCCC(=O)OC(COC(=O)CCCCCCCCCCC)COC(=O)CCCCCCCCCCCCCCCCCCCCCCCCCCC. The van der Waals surface area contributed by atoms with Gasteiger partial charge in [-0.1, -0.05) is 296 Å². The van der Waals surface area contributed by atoms with Crippen molar-refractivity contribution in [2.45, 2.75) is 354 Å². The van der Waals surface area contributed by atoms with Crippen LogP contribution in [0.1, 0.15) is 348 Å². The zero-order chi connectivity index (χ0) is 49.3. The van der Waals surface area contributed by atoms with Crippen LogP contribution in [0.5, 0.6) is 0 Å². The average molecular weight is 960 g/mol. The number of hydrogen-bond acceptors (Lipinski definition) is 6. The van der Waals surface area contributed by atoms with Crippen LogP contribution in [0.4, 0.5) is 0 Å². The molecule has 6 nitrogen and oxygen atoms in total. The van der Waals surface area contributed by atoms with Gasteiger partial charge in [-0.25, -0.2) is 0 Å². The summed E-state index contributed by atoms with van der Waals surface area (Å²) < 4.78 is 16.9. The van der Waals surface area contributed by atoms with E-state index in [9.17, 15) is 14.4 Å². The molecule has 1 unspecified atom stereocenters. The number of hydrogen-bond donors (Lipinski definition) is 0. The summed E-state index contributed by atoms with van der Waals surface area (Å²) in [4.78, 5) is 38.1. The van der Waals surface area contributed by atoms with Gasteiger partial charge in [-0.3, -0.25) is 14.4 Å². The number of unbranched alkanes of at least 4 members (excludes halogenated alkanes) is 44. The smallest absolute Gasteiger partial charge is 0.306 e. The zero-order valence-electron chi connectivity index (χ0n) is 46.2. The molecule has 0 aliphatic heterocycles. The summed E-state index contributed by atoms with van der Waals surface area (Å²) in [5.74, 6) is -0.855. The van der Waals surface area contributed by atoms with Crippen molar-refractivity contribution in [2.24, 2.45) is 0 Å². The lowest BCUT2D eigenvalue weighted by Crippen LogP contribution is -2.30. The predicted molar refractivity (Wildman–Crippen MR) is 293 cm³/mol. The summed E-state index contributed by atoms with van der Waals surface area (Å²) in [6, 6.07) is 0. The topological polar surface area (TPSA) is 78.9 Å². The molecule has 0 heterocycles. The minimum absolute atomic E-state index is 0.0677. The molecule has 0 saturated heterocycles. The lowest BCUT2D eigenvalue weighted by Gasteiger charge is -2.18. The molecule has 0 saturated carbocycles. The number of ether oxygens (including phenoxy) is 3. The molecule has 0 N–H and O–H groups in total. The molecule has 1 atom stereocenters. The van der Waals surface area contributed by atoms with E-state index in [-0.39, 0.29) is 31.1 Å². The van der Waals surface area contributed by atoms with Crippen molar-refractivity contribution in [3.05, 3.63) is 12.2 Å². The highest BCUT2D eigenvalue weighted by Crippen LogP contribution is 2.18. The van der Waals surface area contributed by atoms with Crippen LogP contribution < -0.4 is 0 Å². The average Bonchev–Trinajstić information content (AvgIpc) is 3.34. The highest BCUT2D eigenvalue weighted by atomic mass is 16.6. The van der Waals surface area contributed by atoms with Gasteiger partial charge < -0.3 is 14.2 Å². The molecule has 0 aliphatic rings. The Hall–Kier alpha value is -1.85. The third-order valence-electron chi connectivity index (χ3n) is 14.0. The maximum Gasteiger partial charge on any atom is 0.306 e. The highest BCUT2D eigenvalue weighted by Gasteiger charge is 2.19. The van der Waals surface area contributed by atoms with Gasteiger partial charge in [0.15, 0.2) is 6.10 Å². The number of allylic oxidation sites excluding steroid dienone is 2. The highest BCUT2D eigenvalue weighted by molar-refractivity contribution is 5.71. The number of rotatable bonds is 57. The Labute approximate surface area is 424 Å². The molecule has 68 heavy (non-hydrogen) atoms. The minimum Gasteiger partial charge on any atom is -0.462 e. The van der Waals surface area contributed by atoms with Gasteiger partial charge in [-0.15, -0.1) is 0 Å². The molecule has 0 radical (unpaired) electrons. The van der Waals surface area contributed by atoms with Crippen molar-refractivity contribution in [2.75, 3.05) is 13.2 Å².